The van der Waals surface area contributed by atoms with Crippen LogP contribution in [0.1, 0.15) is 28.4 Å². The van der Waals surface area contributed by atoms with E-state index in [1.165, 1.54) is 23.6 Å². The lowest BCUT2D eigenvalue weighted by atomic mass is 10.0. The van der Waals surface area contributed by atoms with E-state index in [-0.39, 0.29) is 23.9 Å². The van der Waals surface area contributed by atoms with Crippen molar-refractivity contribution in [2.45, 2.75) is 31.0 Å². The zero-order chi connectivity index (χ0) is 21.8. The Bertz CT molecular complexity index is 1400. The van der Waals surface area contributed by atoms with E-state index < -0.39 is 16.1 Å². The summed E-state index contributed by atoms with van der Waals surface area (Å²) >= 11 is 1.38. The van der Waals surface area contributed by atoms with Crippen LogP contribution in [0.15, 0.2) is 59.1 Å². The number of benzene rings is 2. The normalized spacial score (nSPS) is 14.7. The number of rotatable bonds is 4. The standard InChI is InChI=1S/C21H19N5O3S2/c1-13-3-2-4-14(7-13)20(22)21(27)25-9-15-10-26(24-18(15)11-25)31(28,29)16-5-6-17-19(8-16)30-12-23-17/h2-8,10,12,20H,9,11,22H2,1H3. The molecule has 5 rings (SSSR count). The predicted octanol–water partition coefficient (Wildman–Crippen LogP) is 2.58. The quantitative estimate of drug-likeness (QED) is 0.508. The molecule has 31 heavy (non-hydrogen) atoms. The van der Waals surface area contributed by atoms with Crippen molar-refractivity contribution in [3.05, 3.63) is 76.6 Å². The zero-order valence-corrected chi connectivity index (χ0v) is 18.2. The summed E-state index contributed by atoms with van der Waals surface area (Å²) in [6.07, 6.45) is 1.48. The molecule has 0 aliphatic carbocycles. The molecule has 0 bridgehead atoms. The van der Waals surface area contributed by atoms with Crippen LogP contribution in [0.5, 0.6) is 0 Å². The second kappa shape index (κ2) is 7.26. The van der Waals surface area contributed by atoms with Gasteiger partial charge < -0.3 is 10.6 Å². The number of nitrogens with zero attached hydrogens (tertiary/aromatic N) is 4. The van der Waals surface area contributed by atoms with Gasteiger partial charge in [-0.3, -0.25) is 4.79 Å². The highest BCUT2D eigenvalue weighted by molar-refractivity contribution is 7.89. The third-order valence-corrected chi connectivity index (χ3v) is 7.70. The van der Waals surface area contributed by atoms with Crippen molar-refractivity contribution < 1.29 is 13.2 Å². The molecule has 2 aromatic carbocycles. The van der Waals surface area contributed by atoms with Crippen LogP contribution in [-0.2, 0) is 27.9 Å². The van der Waals surface area contributed by atoms with E-state index in [1.54, 1.807) is 22.5 Å². The van der Waals surface area contributed by atoms with E-state index in [9.17, 15) is 13.2 Å². The Morgan fingerprint density at radius 3 is 2.81 bits per heavy atom. The van der Waals surface area contributed by atoms with Crippen molar-refractivity contribution >= 4 is 37.5 Å². The smallest absolute Gasteiger partial charge is 0.283 e. The van der Waals surface area contributed by atoms with Gasteiger partial charge in [0, 0.05) is 18.3 Å². The van der Waals surface area contributed by atoms with E-state index in [1.807, 2.05) is 31.2 Å². The fourth-order valence-electron chi connectivity index (χ4n) is 3.71. The average Bonchev–Trinajstić information content (AvgIpc) is 3.46. The fraction of sp³-hybridized carbons (Fsp3) is 0.190. The lowest BCUT2D eigenvalue weighted by Crippen LogP contribution is -2.35. The lowest BCUT2D eigenvalue weighted by molar-refractivity contribution is -0.133. The number of nitrogens with two attached hydrogens (primary N) is 1. The Morgan fingerprint density at radius 2 is 2.03 bits per heavy atom. The van der Waals surface area contributed by atoms with Gasteiger partial charge in [0.25, 0.3) is 10.0 Å². The van der Waals surface area contributed by atoms with Crippen molar-refractivity contribution in [1.29, 1.82) is 0 Å². The second-order valence-electron chi connectivity index (χ2n) is 7.55. The number of carbonyl (C=O) groups is 1. The molecule has 8 nitrogen and oxygen atoms in total. The van der Waals surface area contributed by atoms with E-state index >= 15 is 0 Å². The van der Waals surface area contributed by atoms with Crippen LogP contribution in [0.25, 0.3) is 10.2 Å². The summed E-state index contributed by atoms with van der Waals surface area (Å²) in [5.41, 5.74) is 11.7. The number of amides is 1. The Labute approximate surface area is 183 Å². The van der Waals surface area contributed by atoms with Gasteiger partial charge in [0.2, 0.25) is 5.91 Å². The molecule has 2 N–H and O–H groups in total. The lowest BCUT2D eigenvalue weighted by Gasteiger charge is -2.21. The van der Waals surface area contributed by atoms with Gasteiger partial charge in [-0.1, -0.05) is 29.8 Å². The van der Waals surface area contributed by atoms with Crippen molar-refractivity contribution in [2.75, 3.05) is 0 Å². The van der Waals surface area contributed by atoms with Gasteiger partial charge in [-0.2, -0.15) is 17.6 Å². The molecule has 1 aliphatic heterocycles. The molecule has 1 unspecified atom stereocenters. The largest absolute Gasteiger partial charge is 0.331 e. The number of carbonyl (C=O) groups excluding carboxylic acids is 1. The van der Waals surface area contributed by atoms with Gasteiger partial charge in [0.1, 0.15) is 6.04 Å². The number of fused-ring (bicyclic) bond motifs is 2. The van der Waals surface area contributed by atoms with Crippen LogP contribution in [0, 0.1) is 6.92 Å². The molecule has 10 heteroatoms. The van der Waals surface area contributed by atoms with Crippen molar-refractivity contribution in [1.82, 2.24) is 19.1 Å². The van der Waals surface area contributed by atoms with E-state index in [0.29, 0.717) is 11.3 Å². The number of thiazole rings is 1. The average molecular weight is 454 g/mol. The molecule has 0 fully saturated rings. The first kappa shape index (κ1) is 19.9. The highest BCUT2D eigenvalue weighted by Crippen LogP contribution is 2.28. The minimum Gasteiger partial charge on any atom is -0.331 e. The molecule has 1 amide bonds. The van der Waals surface area contributed by atoms with Crippen LogP contribution in [-0.4, -0.2) is 33.4 Å². The summed E-state index contributed by atoms with van der Waals surface area (Å²) in [5, 5.41) is 4.27. The summed E-state index contributed by atoms with van der Waals surface area (Å²) in [4.78, 5) is 18.8. The first-order valence-electron chi connectivity index (χ1n) is 9.60. The number of hydrogen-bond acceptors (Lipinski definition) is 7. The van der Waals surface area contributed by atoms with Gasteiger partial charge >= 0.3 is 0 Å². The number of aryl methyl sites for hydroxylation is 1. The highest BCUT2D eigenvalue weighted by atomic mass is 32.2. The zero-order valence-electron chi connectivity index (χ0n) is 16.6. The third-order valence-electron chi connectivity index (χ3n) is 5.38. The first-order chi connectivity index (χ1) is 14.8. The molecule has 4 aromatic rings. The van der Waals surface area contributed by atoms with E-state index in [4.69, 9.17) is 5.73 Å². The molecule has 0 radical (unpaired) electrons. The second-order valence-corrected chi connectivity index (χ2v) is 10.2. The maximum Gasteiger partial charge on any atom is 0.283 e. The summed E-state index contributed by atoms with van der Waals surface area (Å²) < 4.78 is 27.8. The van der Waals surface area contributed by atoms with Gasteiger partial charge in [-0.05, 0) is 30.7 Å². The molecule has 0 spiro atoms. The summed E-state index contributed by atoms with van der Waals surface area (Å²) in [5.74, 6) is -0.214. The Balaban J connectivity index is 1.37. The minimum absolute atomic E-state index is 0.153. The monoisotopic (exact) mass is 453 g/mol. The maximum absolute atomic E-state index is 13.0. The fourth-order valence-corrected chi connectivity index (χ4v) is 5.70. The van der Waals surface area contributed by atoms with Crippen LogP contribution in [0.3, 0.4) is 0 Å². The molecule has 0 saturated carbocycles. The molecule has 1 aliphatic rings. The van der Waals surface area contributed by atoms with E-state index in [0.717, 1.165) is 25.4 Å². The SMILES string of the molecule is Cc1cccc(C(N)C(=O)N2Cc3cn(S(=O)(=O)c4ccc5ncsc5c4)nc3C2)c1. The van der Waals surface area contributed by atoms with Gasteiger partial charge in [-0.15, -0.1) is 11.3 Å². The summed E-state index contributed by atoms with van der Waals surface area (Å²) in [7, 11) is -3.83. The van der Waals surface area contributed by atoms with Crippen molar-refractivity contribution in [2.24, 2.45) is 5.73 Å². The molecule has 1 atom stereocenters. The predicted molar refractivity (Wildman–Crippen MR) is 117 cm³/mol. The molecular weight excluding hydrogens is 434 g/mol. The van der Waals surface area contributed by atoms with Crippen LogP contribution in [0.4, 0.5) is 0 Å². The minimum atomic E-state index is -3.83. The third kappa shape index (κ3) is 3.42. The first-order valence-corrected chi connectivity index (χ1v) is 11.9. The van der Waals surface area contributed by atoms with Gasteiger partial charge in [-0.25, -0.2) is 4.98 Å². The highest BCUT2D eigenvalue weighted by Gasteiger charge is 2.32. The Morgan fingerprint density at radius 1 is 1.19 bits per heavy atom. The van der Waals surface area contributed by atoms with Crippen molar-refractivity contribution in [3.63, 3.8) is 0 Å². The number of hydrogen-bond donors (Lipinski definition) is 1. The molecular formula is C21H19N5O3S2. The van der Waals surface area contributed by atoms with Crippen LogP contribution < -0.4 is 5.73 Å². The van der Waals surface area contributed by atoms with Crippen LogP contribution >= 0.6 is 11.3 Å². The molecule has 2 aromatic heterocycles. The Hall–Kier alpha value is -3.08. The molecule has 3 heterocycles. The maximum atomic E-state index is 13.0. The molecule has 0 saturated heterocycles. The topological polar surface area (TPSA) is 111 Å². The van der Waals surface area contributed by atoms with Crippen LogP contribution in [0.2, 0.25) is 0 Å². The molecule has 158 valence electrons. The van der Waals surface area contributed by atoms with E-state index in [2.05, 4.69) is 10.1 Å². The van der Waals surface area contributed by atoms with Gasteiger partial charge in [0.15, 0.2) is 0 Å². The summed E-state index contributed by atoms with van der Waals surface area (Å²) in [6, 6.07) is 11.6. The summed E-state index contributed by atoms with van der Waals surface area (Å²) in [6.45, 7) is 2.45. The van der Waals surface area contributed by atoms with Crippen molar-refractivity contribution in [3.8, 4) is 0 Å². The number of aromatic nitrogens is 3. The Kier molecular flexibility index (Phi) is 4.65. The van der Waals surface area contributed by atoms with Gasteiger partial charge in [0.05, 0.1) is 32.9 Å².